The zero-order valence-electron chi connectivity index (χ0n) is 49.0. The SMILES string of the molecule is CCCCNC(=O)OCc1ccccc1.CCCN.CCCN(C)C.CCCNC.CCCO.CCCc1ncc(F)cn1.CCN(C(=O)c1ccccc1)c1ccccc1.CCN(Cc1ccccc1)c1ccccc1. The number of ether oxygens (including phenoxy) is 1. The Kier molecular flexibility index (Phi) is 49.9. The number of hydrogen-bond acceptors (Lipinski definition) is 10. The fraction of sp³-hybridized carbons (Fsp3) is 0.438. The molecule has 0 spiro atoms. The number of unbranched alkanes of at least 4 members (excludes halogenated alkanes) is 1. The van der Waals surface area contributed by atoms with Crippen molar-refractivity contribution >= 4 is 23.4 Å². The number of aliphatic hydroxyl groups excluding tert-OH is 1. The molecule has 0 fully saturated rings. The molecule has 0 aliphatic carbocycles. The monoisotopic (exact) mass is 1060 g/mol. The van der Waals surface area contributed by atoms with Gasteiger partial charge in [-0.15, -0.1) is 0 Å². The predicted octanol–water partition coefficient (Wildman–Crippen LogP) is 13.7. The maximum atomic E-state index is 12.3. The Morgan fingerprint density at radius 3 is 1.47 bits per heavy atom. The van der Waals surface area contributed by atoms with Crippen molar-refractivity contribution in [2.75, 3.05) is 76.8 Å². The van der Waals surface area contributed by atoms with Crippen molar-refractivity contribution in [2.24, 2.45) is 5.73 Å². The van der Waals surface area contributed by atoms with Crippen LogP contribution in [0.25, 0.3) is 0 Å². The minimum atomic E-state index is -0.375. The summed E-state index contributed by atoms with van der Waals surface area (Å²) in [5.74, 6) is 0.378. The van der Waals surface area contributed by atoms with Crippen molar-refractivity contribution in [2.45, 2.75) is 120 Å². The van der Waals surface area contributed by atoms with Crippen molar-refractivity contribution in [3.8, 4) is 0 Å². The van der Waals surface area contributed by atoms with Crippen LogP contribution in [0.1, 0.15) is 128 Å². The Hall–Kier alpha value is -6.51. The highest BCUT2D eigenvalue weighted by Gasteiger charge is 2.15. The Morgan fingerprint density at radius 1 is 0.610 bits per heavy atom. The van der Waals surface area contributed by atoms with Crippen LogP contribution < -0.4 is 26.2 Å². The number of para-hydroxylation sites is 2. The molecule has 0 saturated heterocycles. The average Bonchev–Trinajstić information content (AvgIpc) is 3.47. The second kappa shape index (κ2) is 52.9. The van der Waals surface area contributed by atoms with Crippen LogP contribution >= 0.6 is 0 Å². The molecule has 13 heteroatoms. The minimum absolute atomic E-state index is 0.0410. The summed E-state index contributed by atoms with van der Waals surface area (Å²) in [6.45, 7) is 23.8. The molecule has 5 aromatic carbocycles. The van der Waals surface area contributed by atoms with Crippen molar-refractivity contribution in [1.82, 2.24) is 25.5 Å². The summed E-state index contributed by atoms with van der Waals surface area (Å²) in [4.78, 5) is 37.3. The van der Waals surface area contributed by atoms with Crippen molar-refractivity contribution in [3.63, 3.8) is 0 Å². The van der Waals surface area contributed by atoms with Gasteiger partial charge in [-0.25, -0.2) is 19.2 Å². The van der Waals surface area contributed by atoms with E-state index in [0.717, 1.165) is 81.5 Å². The molecule has 0 atom stereocenters. The minimum Gasteiger partial charge on any atom is -0.445 e. The van der Waals surface area contributed by atoms with Gasteiger partial charge in [-0.3, -0.25) is 4.79 Å². The van der Waals surface area contributed by atoms with Crippen molar-refractivity contribution in [1.29, 1.82) is 0 Å². The standard InChI is InChI=1S/C15H15NO.C15H17N.C12H17NO2.C7H9FN2.C5H13N.C4H11N.C3H9N.C3H8O/c1-2-16(14-11-7-4-8-12-14)15(17)13-9-5-3-6-10-13;1-2-16(15-11-7-4-8-12-15)13-14-9-5-3-6-10-14;1-2-3-9-13-12(14)15-10-11-7-5-4-6-8-11;1-2-3-7-9-4-6(8)5-10-7;1-4-5-6(2)3;1-3-4-5-2;2*1-2-3-4/h3-12H,2H2,1H3;3-12H,2,13H2,1H3;4-8H,2-3,9-10H2,1H3,(H,13,14);4-5H,2-3H2,1H3;4-5H2,1-3H3;5H,3-4H2,1-2H3;2-4H2,1H3;4H,2-3H2,1H3. The number of aromatic nitrogens is 2. The van der Waals surface area contributed by atoms with E-state index >= 15 is 0 Å². The lowest BCUT2D eigenvalue weighted by Crippen LogP contribution is -2.30. The lowest BCUT2D eigenvalue weighted by Gasteiger charge is -2.23. The smallest absolute Gasteiger partial charge is 0.407 e. The number of aliphatic hydroxyl groups is 1. The van der Waals surface area contributed by atoms with Crippen LogP contribution in [-0.4, -0.2) is 99.0 Å². The molecule has 0 bridgehead atoms. The molecular formula is C64H99FN8O4. The third kappa shape index (κ3) is 41.4. The van der Waals surface area contributed by atoms with E-state index in [2.05, 4.69) is 140 Å². The Labute approximate surface area is 465 Å². The first-order chi connectivity index (χ1) is 37.4. The molecule has 2 amide bonds. The van der Waals surface area contributed by atoms with Gasteiger partial charge in [0.15, 0.2) is 5.82 Å². The first kappa shape index (κ1) is 72.6. The summed E-state index contributed by atoms with van der Waals surface area (Å²) in [6, 6.07) is 49.9. The summed E-state index contributed by atoms with van der Waals surface area (Å²) in [7, 11) is 6.14. The third-order valence-corrected chi connectivity index (χ3v) is 10.2. The number of halogens is 1. The van der Waals surface area contributed by atoms with E-state index in [-0.39, 0.29) is 17.8 Å². The first-order valence-corrected chi connectivity index (χ1v) is 27.7. The Balaban J connectivity index is 0. The average molecular weight is 1060 g/mol. The van der Waals surface area contributed by atoms with Crippen molar-refractivity contribution in [3.05, 3.63) is 192 Å². The first-order valence-electron chi connectivity index (χ1n) is 27.7. The van der Waals surface area contributed by atoms with Gasteiger partial charge < -0.3 is 40.9 Å². The largest absolute Gasteiger partial charge is 0.445 e. The van der Waals surface area contributed by atoms with Crippen molar-refractivity contribution < 1.29 is 23.8 Å². The van der Waals surface area contributed by atoms with Crippen LogP contribution in [0.4, 0.5) is 20.6 Å². The van der Waals surface area contributed by atoms with Gasteiger partial charge in [-0.1, -0.05) is 163 Å². The molecule has 1 heterocycles. The molecule has 1 aromatic heterocycles. The number of carbonyl (C=O) groups excluding carboxylic acids is 2. The number of hydrogen-bond donors (Lipinski definition) is 4. The number of benzene rings is 5. The molecule has 6 rings (SSSR count). The molecule has 0 aliphatic rings. The number of rotatable bonds is 20. The molecule has 426 valence electrons. The molecule has 0 aliphatic heterocycles. The molecule has 0 saturated carbocycles. The predicted molar refractivity (Wildman–Crippen MR) is 325 cm³/mol. The van der Waals surface area contributed by atoms with Gasteiger partial charge in [0.05, 0.1) is 12.4 Å². The zero-order valence-corrected chi connectivity index (χ0v) is 49.0. The number of amides is 2. The Bertz CT molecular complexity index is 2150. The van der Waals surface area contributed by atoms with Gasteiger partial charge in [0, 0.05) is 56.1 Å². The maximum Gasteiger partial charge on any atom is 0.407 e. The summed E-state index contributed by atoms with van der Waals surface area (Å²) in [5.41, 5.74) is 10.3. The topological polar surface area (TPSA) is 149 Å². The van der Waals surface area contributed by atoms with E-state index in [0.29, 0.717) is 32.1 Å². The van der Waals surface area contributed by atoms with Gasteiger partial charge in [0.2, 0.25) is 0 Å². The number of aryl methyl sites for hydroxylation is 1. The van der Waals surface area contributed by atoms with E-state index in [1.165, 1.54) is 43.0 Å². The molecule has 6 aromatic rings. The van der Waals surface area contributed by atoms with Gasteiger partial charge in [0.25, 0.3) is 5.91 Å². The van der Waals surface area contributed by atoms with Crippen LogP contribution in [0.3, 0.4) is 0 Å². The van der Waals surface area contributed by atoms with E-state index < -0.39 is 0 Å². The zero-order chi connectivity index (χ0) is 57.6. The highest BCUT2D eigenvalue weighted by molar-refractivity contribution is 6.06. The molecular weight excluding hydrogens is 964 g/mol. The van der Waals surface area contributed by atoms with Gasteiger partial charge in [-0.05, 0) is 141 Å². The van der Waals surface area contributed by atoms with Crippen LogP contribution in [0.5, 0.6) is 0 Å². The van der Waals surface area contributed by atoms with Crippen LogP contribution in [0.15, 0.2) is 164 Å². The van der Waals surface area contributed by atoms with E-state index in [9.17, 15) is 14.0 Å². The molecule has 5 N–H and O–H groups in total. The number of nitrogens with one attached hydrogen (secondary N) is 2. The van der Waals surface area contributed by atoms with Gasteiger partial charge in [0.1, 0.15) is 12.4 Å². The summed E-state index contributed by atoms with van der Waals surface area (Å²) < 4.78 is 17.2. The number of carbonyl (C=O) groups is 2. The third-order valence-electron chi connectivity index (χ3n) is 10.2. The lowest BCUT2D eigenvalue weighted by molar-refractivity contribution is 0.0988. The van der Waals surface area contributed by atoms with E-state index in [1.54, 1.807) is 4.90 Å². The van der Waals surface area contributed by atoms with Gasteiger partial charge >= 0.3 is 6.09 Å². The van der Waals surface area contributed by atoms with E-state index in [4.69, 9.17) is 15.6 Å². The van der Waals surface area contributed by atoms with Crippen LogP contribution in [-0.2, 0) is 24.3 Å². The fourth-order valence-electron chi connectivity index (χ4n) is 6.15. The molecule has 12 nitrogen and oxygen atoms in total. The fourth-order valence-corrected chi connectivity index (χ4v) is 6.15. The maximum absolute atomic E-state index is 12.3. The van der Waals surface area contributed by atoms with E-state index in [1.807, 2.05) is 119 Å². The Morgan fingerprint density at radius 2 is 1.09 bits per heavy atom. The van der Waals surface area contributed by atoms with Crippen LogP contribution in [0.2, 0.25) is 0 Å². The van der Waals surface area contributed by atoms with Crippen LogP contribution in [0, 0.1) is 5.82 Å². The second-order valence-corrected chi connectivity index (χ2v) is 17.4. The number of nitrogens with two attached hydrogens (primary N) is 1. The summed E-state index contributed by atoms with van der Waals surface area (Å²) in [5, 5.41) is 13.6. The quantitative estimate of drug-likeness (QED) is 0.0544. The number of nitrogens with zero attached hydrogens (tertiary/aromatic N) is 5. The van der Waals surface area contributed by atoms with Gasteiger partial charge in [-0.2, -0.15) is 0 Å². The highest BCUT2D eigenvalue weighted by Crippen LogP contribution is 2.17. The summed E-state index contributed by atoms with van der Waals surface area (Å²) >= 11 is 0. The molecule has 0 radical (unpaired) electrons. The lowest BCUT2D eigenvalue weighted by atomic mass is 10.2. The summed E-state index contributed by atoms with van der Waals surface area (Å²) in [6.07, 6.45) is 10.4. The highest BCUT2D eigenvalue weighted by atomic mass is 19.1. The second-order valence-electron chi connectivity index (χ2n) is 17.4. The normalized spacial score (nSPS) is 9.55. The molecule has 0 unspecified atom stereocenters. The number of alkyl carbamates (subject to hydrolysis) is 1. The molecule has 77 heavy (non-hydrogen) atoms. The number of anilines is 2.